The minimum atomic E-state index is -4.51. The van der Waals surface area contributed by atoms with Gasteiger partial charge in [-0.2, -0.15) is 23.4 Å². The molecule has 41 heavy (non-hydrogen) atoms. The summed E-state index contributed by atoms with van der Waals surface area (Å²) < 4.78 is 44.5. The molecule has 0 radical (unpaired) electrons. The Morgan fingerprint density at radius 1 is 1.07 bits per heavy atom. The maximum Gasteiger partial charge on any atom is 0.406 e. The molecule has 214 valence electrons. The van der Waals surface area contributed by atoms with Gasteiger partial charge in [0.25, 0.3) is 5.91 Å². The Kier molecular flexibility index (Phi) is 7.91. The highest BCUT2D eigenvalue weighted by atomic mass is 19.4. The molecule has 2 aliphatic rings. The summed E-state index contributed by atoms with van der Waals surface area (Å²) in [4.78, 5) is 39.7. The number of carbonyl (C=O) groups excluding carboxylic acids is 3. The van der Waals surface area contributed by atoms with Crippen molar-refractivity contribution in [3.8, 4) is 22.8 Å². The van der Waals surface area contributed by atoms with Gasteiger partial charge in [-0.3, -0.25) is 14.4 Å². The number of hydrogen-bond donors (Lipinski definition) is 1. The zero-order valence-corrected chi connectivity index (χ0v) is 22.3. The number of ether oxygens (including phenoxy) is 1. The molecule has 0 spiro atoms. The van der Waals surface area contributed by atoms with Crippen LogP contribution in [0.5, 0.6) is 11.5 Å². The maximum absolute atomic E-state index is 13.0. The lowest BCUT2D eigenvalue weighted by Gasteiger charge is -2.20. The summed E-state index contributed by atoms with van der Waals surface area (Å²) in [7, 11) is 0. The molecular weight excluding hydrogens is 539 g/mol. The molecule has 2 aliphatic heterocycles. The largest absolute Gasteiger partial charge is 0.457 e. The van der Waals surface area contributed by atoms with Gasteiger partial charge >= 0.3 is 6.18 Å². The number of aryl methyl sites for hydroxylation is 1. The van der Waals surface area contributed by atoms with E-state index in [2.05, 4.69) is 15.5 Å². The van der Waals surface area contributed by atoms with E-state index in [0.29, 0.717) is 47.2 Å². The minimum absolute atomic E-state index is 0.0377. The number of nitrogens with zero attached hydrogens (tertiary/aromatic N) is 4. The first-order valence-electron chi connectivity index (χ1n) is 13.2. The molecule has 0 bridgehead atoms. The molecule has 5 rings (SSSR count). The Morgan fingerprint density at radius 3 is 2.54 bits per heavy atom. The number of aromatic nitrogens is 2. The van der Waals surface area contributed by atoms with Crippen molar-refractivity contribution < 1.29 is 32.3 Å². The second kappa shape index (κ2) is 11.6. The highest BCUT2D eigenvalue weighted by molar-refractivity contribution is 5.95. The second-order valence-electron chi connectivity index (χ2n) is 10.2. The van der Waals surface area contributed by atoms with E-state index in [9.17, 15) is 27.6 Å². The fourth-order valence-corrected chi connectivity index (χ4v) is 4.93. The summed E-state index contributed by atoms with van der Waals surface area (Å²) in [5.41, 5.74) is 3.43. The third-order valence-corrected chi connectivity index (χ3v) is 6.95. The van der Waals surface area contributed by atoms with Gasteiger partial charge in [0.2, 0.25) is 11.8 Å². The van der Waals surface area contributed by atoms with Crippen LogP contribution in [0.1, 0.15) is 40.7 Å². The van der Waals surface area contributed by atoms with E-state index in [1.165, 1.54) is 6.07 Å². The molecule has 0 saturated carbocycles. The quantitative estimate of drug-likeness (QED) is 0.436. The first-order chi connectivity index (χ1) is 19.5. The van der Waals surface area contributed by atoms with E-state index in [1.807, 2.05) is 25.1 Å². The van der Waals surface area contributed by atoms with Crippen LogP contribution in [0.2, 0.25) is 0 Å². The zero-order chi connectivity index (χ0) is 29.1. The molecule has 1 unspecified atom stereocenters. The number of benzene rings is 2. The Bertz CT molecular complexity index is 1460. The zero-order valence-electron chi connectivity index (χ0n) is 22.3. The molecule has 1 N–H and O–H groups in total. The summed E-state index contributed by atoms with van der Waals surface area (Å²) in [6.07, 6.45) is -1.81. The van der Waals surface area contributed by atoms with E-state index in [0.717, 1.165) is 17.5 Å². The van der Waals surface area contributed by atoms with Gasteiger partial charge in [0.1, 0.15) is 18.0 Å². The topological polar surface area (TPSA) is 105 Å². The van der Waals surface area contributed by atoms with Crippen molar-refractivity contribution in [2.24, 2.45) is 0 Å². The molecule has 1 atom stereocenters. The van der Waals surface area contributed by atoms with Crippen LogP contribution < -0.4 is 10.1 Å². The van der Waals surface area contributed by atoms with Crippen LogP contribution in [0.4, 0.5) is 13.2 Å². The summed E-state index contributed by atoms with van der Waals surface area (Å²) in [5.74, 6) is -0.316. The number of rotatable bonds is 8. The molecular formula is C29H28F3N5O4. The number of nitrogens with one attached hydrogen (secondary N) is 1. The second-order valence-corrected chi connectivity index (χ2v) is 10.2. The van der Waals surface area contributed by atoms with Crippen LogP contribution in [0.3, 0.4) is 0 Å². The van der Waals surface area contributed by atoms with Gasteiger partial charge in [0.15, 0.2) is 0 Å². The van der Waals surface area contributed by atoms with Crippen LogP contribution in [0, 0.1) is 6.92 Å². The van der Waals surface area contributed by atoms with Crippen molar-refractivity contribution in [2.45, 2.75) is 44.9 Å². The van der Waals surface area contributed by atoms with E-state index in [1.54, 1.807) is 35.4 Å². The molecule has 9 nitrogen and oxygen atoms in total. The Hall–Kier alpha value is -4.48. The predicted molar refractivity (Wildman–Crippen MR) is 142 cm³/mol. The number of hydrogen-bond acceptors (Lipinski definition) is 6. The van der Waals surface area contributed by atoms with Crippen LogP contribution >= 0.6 is 0 Å². The lowest BCUT2D eigenvalue weighted by Crippen LogP contribution is -2.39. The van der Waals surface area contributed by atoms with E-state index < -0.39 is 30.6 Å². The van der Waals surface area contributed by atoms with Crippen LogP contribution in [-0.2, 0) is 16.1 Å². The standard InChI is InChI=1S/C29H28F3N5O4/c1-18-11-24(35-33-14-18)19-6-8-23(9-7-19)41-25-12-20(4-5-21(25)15-36-10-2-3-26(36)38)28(40)34-22-13-27(39)37(16-22)17-29(30,31)32/h4-9,11-12,14,22H,2-3,10,13,15-17H2,1H3,(H,34,40). The fraction of sp³-hybridized carbons (Fsp3) is 0.345. The molecule has 12 heteroatoms. The molecule has 3 amide bonds. The molecule has 3 heterocycles. The third-order valence-electron chi connectivity index (χ3n) is 6.95. The smallest absolute Gasteiger partial charge is 0.406 e. The van der Waals surface area contributed by atoms with Gasteiger partial charge in [-0.05, 0) is 61.4 Å². The lowest BCUT2D eigenvalue weighted by atomic mass is 10.1. The molecule has 0 aliphatic carbocycles. The van der Waals surface area contributed by atoms with Crippen molar-refractivity contribution in [3.63, 3.8) is 0 Å². The van der Waals surface area contributed by atoms with E-state index in [-0.39, 0.29) is 24.4 Å². The van der Waals surface area contributed by atoms with Gasteiger partial charge in [-0.25, -0.2) is 0 Å². The van der Waals surface area contributed by atoms with Gasteiger partial charge in [-0.15, -0.1) is 0 Å². The van der Waals surface area contributed by atoms with Crippen LogP contribution in [-0.4, -0.2) is 69.6 Å². The molecule has 2 fully saturated rings. The molecule has 1 aromatic heterocycles. The number of alkyl halides is 3. The highest BCUT2D eigenvalue weighted by Crippen LogP contribution is 2.31. The van der Waals surface area contributed by atoms with Crippen molar-refractivity contribution in [2.75, 3.05) is 19.6 Å². The summed E-state index contributed by atoms with van der Waals surface area (Å²) in [5, 5.41) is 10.8. The first-order valence-corrected chi connectivity index (χ1v) is 13.2. The molecule has 2 aromatic carbocycles. The molecule has 2 saturated heterocycles. The van der Waals surface area contributed by atoms with E-state index in [4.69, 9.17) is 4.74 Å². The average molecular weight is 568 g/mol. The van der Waals surface area contributed by atoms with Crippen molar-refractivity contribution in [3.05, 3.63) is 71.4 Å². The summed E-state index contributed by atoms with van der Waals surface area (Å²) >= 11 is 0. The SMILES string of the molecule is Cc1cnnc(-c2ccc(Oc3cc(C(=O)NC4CC(=O)N(CC(F)(F)F)C4)ccc3CN3CCCC3=O)cc2)c1. The van der Waals surface area contributed by atoms with Crippen LogP contribution in [0.25, 0.3) is 11.3 Å². The highest BCUT2D eigenvalue weighted by Gasteiger charge is 2.38. The summed E-state index contributed by atoms with van der Waals surface area (Å²) in [6, 6.07) is 13.2. The number of halogens is 3. The van der Waals surface area contributed by atoms with E-state index >= 15 is 0 Å². The van der Waals surface area contributed by atoms with Crippen LogP contribution in [0.15, 0.2) is 54.7 Å². The Labute approximate surface area is 234 Å². The molecule has 3 aromatic rings. The first kappa shape index (κ1) is 28.1. The van der Waals surface area contributed by atoms with Crippen molar-refractivity contribution in [1.82, 2.24) is 25.3 Å². The predicted octanol–water partition coefficient (Wildman–Crippen LogP) is 4.26. The minimum Gasteiger partial charge on any atom is -0.457 e. The number of likely N-dealkylation sites (tertiary alicyclic amines) is 2. The Morgan fingerprint density at radius 2 is 1.85 bits per heavy atom. The lowest BCUT2D eigenvalue weighted by molar-refractivity contribution is -0.157. The normalized spacial score (nSPS) is 17.3. The summed E-state index contributed by atoms with van der Waals surface area (Å²) in [6.45, 7) is 1.28. The van der Waals surface area contributed by atoms with Gasteiger partial charge in [-0.1, -0.05) is 6.07 Å². The fourth-order valence-electron chi connectivity index (χ4n) is 4.93. The number of carbonyl (C=O) groups is 3. The number of amides is 3. The Balaban J connectivity index is 1.34. The maximum atomic E-state index is 13.0. The van der Waals surface area contributed by atoms with Crippen molar-refractivity contribution >= 4 is 17.7 Å². The van der Waals surface area contributed by atoms with Crippen molar-refractivity contribution in [1.29, 1.82) is 0 Å². The van der Waals surface area contributed by atoms with Gasteiger partial charge < -0.3 is 19.9 Å². The van der Waals surface area contributed by atoms with Gasteiger partial charge in [0, 0.05) is 49.2 Å². The average Bonchev–Trinajstić information content (AvgIpc) is 3.48. The monoisotopic (exact) mass is 567 g/mol. The van der Waals surface area contributed by atoms with Gasteiger partial charge in [0.05, 0.1) is 17.9 Å². The third kappa shape index (κ3) is 7.00.